The molecule has 7 heteroatoms. The van der Waals surface area contributed by atoms with E-state index < -0.39 is 11.9 Å². The van der Waals surface area contributed by atoms with E-state index in [1.165, 1.54) is 20.3 Å². The first kappa shape index (κ1) is 17.2. The van der Waals surface area contributed by atoms with Crippen LogP contribution in [0.15, 0.2) is 18.2 Å². The Hall–Kier alpha value is -2.12. The summed E-state index contributed by atoms with van der Waals surface area (Å²) in [5.41, 5.74) is 0.494. The number of rotatable bonds is 6. The van der Waals surface area contributed by atoms with E-state index in [4.69, 9.17) is 18.9 Å². The second-order valence-corrected chi connectivity index (χ2v) is 5.03. The summed E-state index contributed by atoms with van der Waals surface area (Å²) < 4.78 is 20.4. The molecule has 126 valence electrons. The van der Waals surface area contributed by atoms with Gasteiger partial charge in [0, 0.05) is 19.6 Å². The molecule has 0 unspecified atom stereocenters. The molecule has 1 aliphatic rings. The first-order valence-corrected chi connectivity index (χ1v) is 7.38. The minimum Gasteiger partial charge on any atom is -0.492 e. The Balaban J connectivity index is 2.03. The highest BCUT2D eigenvalue weighted by Crippen LogP contribution is 2.19. The van der Waals surface area contributed by atoms with E-state index in [0.29, 0.717) is 12.4 Å². The lowest BCUT2D eigenvalue weighted by atomic mass is 10.1. The number of esters is 2. The summed E-state index contributed by atoms with van der Waals surface area (Å²) in [7, 11) is 2.57. The summed E-state index contributed by atoms with van der Waals surface area (Å²) in [6.07, 6.45) is 0. The second kappa shape index (κ2) is 8.50. The molecule has 0 N–H and O–H groups in total. The number of nitrogens with zero attached hydrogens (tertiary/aromatic N) is 1. The predicted octanol–water partition coefficient (Wildman–Crippen LogP) is 0.971. The average molecular weight is 323 g/mol. The Morgan fingerprint density at radius 3 is 2.13 bits per heavy atom. The van der Waals surface area contributed by atoms with Crippen LogP contribution in [0.1, 0.15) is 20.7 Å². The SMILES string of the molecule is COC(=O)c1cc(OCCN2CCOCC2)cc(C(=O)OC)c1. The first-order chi connectivity index (χ1) is 11.1. The Morgan fingerprint density at radius 1 is 1.04 bits per heavy atom. The van der Waals surface area contributed by atoms with Gasteiger partial charge in [-0.2, -0.15) is 0 Å². The monoisotopic (exact) mass is 323 g/mol. The van der Waals surface area contributed by atoms with Gasteiger partial charge >= 0.3 is 11.9 Å². The zero-order valence-corrected chi connectivity index (χ0v) is 13.4. The number of hydrogen-bond acceptors (Lipinski definition) is 7. The Bertz CT molecular complexity index is 519. The number of morpholine rings is 1. The number of ether oxygens (including phenoxy) is 4. The summed E-state index contributed by atoms with van der Waals surface area (Å²) >= 11 is 0. The Labute approximate surface area is 135 Å². The molecule has 0 bridgehead atoms. The third-order valence-corrected chi connectivity index (χ3v) is 3.53. The highest BCUT2D eigenvalue weighted by atomic mass is 16.5. The fourth-order valence-corrected chi connectivity index (χ4v) is 2.27. The first-order valence-electron chi connectivity index (χ1n) is 7.38. The third-order valence-electron chi connectivity index (χ3n) is 3.53. The maximum Gasteiger partial charge on any atom is 0.338 e. The lowest BCUT2D eigenvalue weighted by Gasteiger charge is -2.26. The highest BCUT2D eigenvalue weighted by Gasteiger charge is 2.15. The largest absolute Gasteiger partial charge is 0.492 e. The molecule has 1 saturated heterocycles. The van der Waals surface area contributed by atoms with Crippen molar-refractivity contribution >= 4 is 11.9 Å². The van der Waals surface area contributed by atoms with E-state index in [1.807, 2.05) is 0 Å². The minimum atomic E-state index is -0.534. The van der Waals surface area contributed by atoms with Crippen molar-refractivity contribution in [1.82, 2.24) is 4.90 Å². The van der Waals surface area contributed by atoms with E-state index in [9.17, 15) is 9.59 Å². The molecule has 1 aromatic carbocycles. The van der Waals surface area contributed by atoms with Crippen LogP contribution in [0.2, 0.25) is 0 Å². The van der Waals surface area contributed by atoms with Gasteiger partial charge in [0.15, 0.2) is 0 Å². The van der Waals surface area contributed by atoms with Crippen molar-refractivity contribution in [2.75, 3.05) is 53.7 Å². The number of hydrogen-bond donors (Lipinski definition) is 0. The molecule has 1 heterocycles. The van der Waals surface area contributed by atoms with Crippen molar-refractivity contribution in [3.8, 4) is 5.75 Å². The van der Waals surface area contributed by atoms with Crippen LogP contribution in [0.25, 0.3) is 0 Å². The van der Waals surface area contributed by atoms with Gasteiger partial charge in [0.25, 0.3) is 0 Å². The number of methoxy groups -OCH3 is 2. The quantitative estimate of drug-likeness (QED) is 0.722. The zero-order valence-electron chi connectivity index (χ0n) is 13.4. The van der Waals surface area contributed by atoms with Gasteiger partial charge in [-0.15, -0.1) is 0 Å². The van der Waals surface area contributed by atoms with Crippen LogP contribution in [-0.2, 0) is 14.2 Å². The smallest absolute Gasteiger partial charge is 0.338 e. The van der Waals surface area contributed by atoms with Crippen LogP contribution in [0.4, 0.5) is 0 Å². The molecule has 0 saturated carbocycles. The number of carbonyl (C=O) groups excluding carboxylic acids is 2. The standard InChI is InChI=1S/C16H21NO6/c1-20-15(18)12-9-13(16(19)21-2)11-14(10-12)23-8-5-17-3-6-22-7-4-17/h9-11H,3-8H2,1-2H3. The van der Waals surface area contributed by atoms with Gasteiger partial charge in [-0.1, -0.05) is 0 Å². The molecular formula is C16H21NO6. The van der Waals surface area contributed by atoms with Crippen molar-refractivity contribution in [2.45, 2.75) is 0 Å². The van der Waals surface area contributed by atoms with Gasteiger partial charge in [-0.05, 0) is 18.2 Å². The lowest BCUT2D eigenvalue weighted by Crippen LogP contribution is -2.38. The molecule has 7 nitrogen and oxygen atoms in total. The van der Waals surface area contributed by atoms with E-state index in [0.717, 1.165) is 32.8 Å². The summed E-state index contributed by atoms with van der Waals surface area (Å²) in [6.45, 7) is 4.40. The molecule has 0 spiro atoms. The maximum absolute atomic E-state index is 11.7. The molecule has 0 radical (unpaired) electrons. The molecule has 0 aliphatic carbocycles. The van der Waals surface area contributed by atoms with Crippen LogP contribution in [0.5, 0.6) is 5.75 Å². The fraction of sp³-hybridized carbons (Fsp3) is 0.500. The van der Waals surface area contributed by atoms with Gasteiger partial charge < -0.3 is 18.9 Å². The third kappa shape index (κ3) is 4.94. The molecule has 1 fully saturated rings. The van der Waals surface area contributed by atoms with Crippen molar-refractivity contribution < 1.29 is 28.5 Å². The maximum atomic E-state index is 11.7. The number of carbonyl (C=O) groups is 2. The van der Waals surface area contributed by atoms with E-state index in [1.54, 1.807) is 12.1 Å². The molecule has 0 aromatic heterocycles. The van der Waals surface area contributed by atoms with E-state index in [2.05, 4.69) is 4.90 Å². The van der Waals surface area contributed by atoms with Crippen LogP contribution < -0.4 is 4.74 Å². The normalized spacial score (nSPS) is 15.0. The van der Waals surface area contributed by atoms with Crippen LogP contribution in [0.3, 0.4) is 0 Å². The van der Waals surface area contributed by atoms with Gasteiger partial charge in [-0.25, -0.2) is 9.59 Å². The molecule has 0 atom stereocenters. The Kier molecular flexibility index (Phi) is 6.37. The van der Waals surface area contributed by atoms with Crippen molar-refractivity contribution in [1.29, 1.82) is 0 Å². The van der Waals surface area contributed by atoms with Gasteiger partial charge in [-0.3, -0.25) is 4.90 Å². The van der Waals surface area contributed by atoms with Gasteiger partial charge in [0.1, 0.15) is 12.4 Å². The van der Waals surface area contributed by atoms with Crippen molar-refractivity contribution in [2.24, 2.45) is 0 Å². The lowest BCUT2D eigenvalue weighted by molar-refractivity contribution is 0.0322. The topological polar surface area (TPSA) is 74.3 Å². The predicted molar refractivity (Wildman–Crippen MR) is 81.9 cm³/mol. The number of benzene rings is 1. The van der Waals surface area contributed by atoms with Crippen LogP contribution in [0, 0.1) is 0 Å². The van der Waals surface area contributed by atoms with Crippen molar-refractivity contribution in [3.05, 3.63) is 29.3 Å². The summed E-state index contributed by atoms with van der Waals surface area (Å²) in [5.74, 6) is -0.635. The molecule has 1 aromatic rings. The van der Waals surface area contributed by atoms with Gasteiger partial charge in [0.05, 0.1) is 38.6 Å². The second-order valence-electron chi connectivity index (χ2n) is 5.03. The highest BCUT2D eigenvalue weighted by molar-refractivity contribution is 5.96. The van der Waals surface area contributed by atoms with Crippen LogP contribution >= 0.6 is 0 Å². The fourth-order valence-electron chi connectivity index (χ4n) is 2.27. The van der Waals surface area contributed by atoms with Crippen molar-refractivity contribution in [3.63, 3.8) is 0 Å². The zero-order chi connectivity index (χ0) is 16.7. The average Bonchev–Trinajstić information content (AvgIpc) is 2.61. The molecule has 0 amide bonds. The summed E-state index contributed by atoms with van der Waals surface area (Å²) in [4.78, 5) is 25.6. The summed E-state index contributed by atoms with van der Waals surface area (Å²) in [5, 5.41) is 0. The Morgan fingerprint density at radius 2 is 1.61 bits per heavy atom. The van der Waals surface area contributed by atoms with Crippen LogP contribution in [-0.4, -0.2) is 70.5 Å². The molecule has 23 heavy (non-hydrogen) atoms. The molecular weight excluding hydrogens is 302 g/mol. The molecule has 2 rings (SSSR count). The van der Waals surface area contributed by atoms with E-state index >= 15 is 0 Å². The minimum absolute atomic E-state index is 0.247. The summed E-state index contributed by atoms with van der Waals surface area (Å²) in [6, 6.07) is 4.53. The van der Waals surface area contributed by atoms with Gasteiger partial charge in [0.2, 0.25) is 0 Å². The molecule has 1 aliphatic heterocycles. The van der Waals surface area contributed by atoms with E-state index in [-0.39, 0.29) is 11.1 Å².